The van der Waals surface area contributed by atoms with Crippen LogP contribution in [0.15, 0.2) is 29.1 Å². The summed E-state index contributed by atoms with van der Waals surface area (Å²) in [5.74, 6) is -0.0406. The lowest BCUT2D eigenvalue weighted by molar-refractivity contribution is -0.137. The van der Waals surface area contributed by atoms with Gasteiger partial charge in [-0.3, -0.25) is 4.98 Å². The first-order valence-corrected chi connectivity index (χ1v) is 3.87. The van der Waals surface area contributed by atoms with Crippen LogP contribution >= 0.6 is 0 Å². The van der Waals surface area contributed by atoms with Gasteiger partial charge in [0.05, 0.1) is 5.56 Å². The van der Waals surface area contributed by atoms with Crippen molar-refractivity contribution in [2.75, 3.05) is 0 Å². The molecule has 78 valence electrons. The van der Waals surface area contributed by atoms with Gasteiger partial charge in [0.1, 0.15) is 5.69 Å². The Morgan fingerprint density at radius 1 is 1.27 bits per heavy atom. The molecule has 15 heavy (non-hydrogen) atoms. The number of halogens is 3. The zero-order chi connectivity index (χ0) is 10.9. The number of alkyl halides is 3. The van der Waals surface area contributed by atoms with Crippen molar-refractivity contribution in [1.29, 1.82) is 0 Å². The molecule has 0 atom stereocenters. The first-order valence-electron chi connectivity index (χ1n) is 3.87. The van der Waals surface area contributed by atoms with E-state index < -0.39 is 11.7 Å². The summed E-state index contributed by atoms with van der Waals surface area (Å²) in [6, 6.07) is 1.73. The van der Waals surface area contributed by atoms with Crippen molar-refractivity contribution in [3.8, 4) is 11.6 Å². The number of hydrogen-bond acceptors (Lipinski definition) is 4. The predicted octanol–water partition coefficient (Wildman–Crippen LogP) is 2.15. The molecule has 4 nitrogen and oxygen atoms in total. The van der Waals surface area contributed by atoms with Gasteiger partial charge < -0.3 is 4.42 Å². The summed E-state index contributed by atoms with van der Waals surface area (Å²) in [6.45, 7) is 0. The summed E-state index contributed by atoms with van der Waals surface area (Å²) in [5.41, 5.74) is -0.798. The molecule has 7 heteroatoms. The van der Waals surface area contributed by atoms with E-state index in [4.69, 9.17) is 4.42 Å². The summed E-state index contributed by atoms with van der Waals surface area (Å²) in [6.07, 6.45) is -2.34. The zero-order valence-corrected chi connectivity index (χ0v) is 7.19. The van der Waals surface area contributed by atoms with Gasteiger partial charge in [-0.1, -0.05) is 0 Å². The Labute approximate surface area is 81.8 Å². The average Bonchev–Trinajstić information content (AvgIpc) is 2.69. The minimum atomic E-state index is -4.41. The monoisotopic (exact) mass is 215 g/mol. The molecule has 0 aliphatic heterocycles. The SMILES string of the molecule is FC(F)(F)c1ccnc(-c2nnco2)c1. The van der Waals surface area contributed by atoms with E-state index in [1.165, 1.54) is 0 Å². The van der Waals surface area contributed by atoms with Crippen LogP contribution in [0.5, 0.6) is 0 Å². The van der Waals surface area contributed by atoms with E-state index in [0.29, 0.717) is 0 Å². The van der Waals surface area contributed by atoms with Crippen LogP contribution in [-0.4, -0.2) is 15.2 Å². The van der Waals surface area contributed by atoms with Crippen molar-refractivity contribution < 1.29 is 17.6 Å². The Bertz CT molecular complexity index is 452. The predicted molar refractivity (Wildman–Crippen MR) is 42.5 cm³/mol. The Morgan fingerprint density at radius 2 is 2.07 bits per heavy atom. The Balaban J connectivity index is 2.44. The van der Waals surface area contributed by atoms with Crippen LogP contribution in [0.25, 0.3) is 11.6 Å². The van der Waals surface area contributed by atoms with Crippen LogP contribution < -0.4 is 0 Å². The molecular formula is C8H4F3N3O. The van der Waals surface area contributed by atoms with Crippen molar-refractivity contribution in [3.05, 3.63) is 30.3 Å². The molecule has 0 radical (unpaired) electrons. The van der Waals surface area contributed by atoms with Gasteiger partial charge in [-0.25, -0.2) is 0 Å². The van der Waals surface area contributed by atoms with E-state index in [9.17, 15) is 13.2 Å². The molecule has 2 heterocycles. The van der Waals surface area contributed by atoms with Gasteiger partial charge in [0.2, 0.25) is 6.39 Å². The Kier molecular flexibility index (Phi) is 2.14. The summed E-state index contributed by atoms with van der Waals surface area (Å²) in [7, 11) is 0. The topological polar surface area (TPSA) is 51.8 Å². The van der Waals surface area contributed by atoms with Gasteiger partial charge in [0.15, 0.2) is 0 Å². The third-order valence-electron chi connectivity index (χ3n) is 1.67. The third kappa shape index (κ3) is 1.95. The first kappa shape index (κ1) is 9.63. The van der Waals surface area contributed by atoms with Crippen LogP contribution in [-0.2, 0) is 6.18 Å². The van der Waals surface area contributed by atoms with Crippen LogP contribution in [0.1, 0.15) is 5.56 Å². The molecule has 2 aromatic heterocycles. The Morgan fingerprint density at radius 3 is 2.67 bits per heavy atom. The van der Waals surface area contributed by atoms with Gasteiger partial charge in [-0.05, 0) is 12.1 Å². The summed E-state index contributed by atoms with van der Waals surface area (Å²) in [4.78, 5) is 3.70. The fraction of sp³-hybridized carbons (Fsp3) is 0.125. The maximum atomic E-state index is 12.3. The fourth-order valence-electron chi connectivity index (χ4n) is 1.01. The molecule has 0 fully saturated rings. The number of aromatic nitrogens is 3. The van der Waals surface area contributed by atoms with E-state index in [1.807, 2.05) is 0 Å². The quantitative estimate of drug-likeness (QED) is 0.731. The lowest BCUT2D eigenvalue weighted by Crippen LogP contribution is -2.05. The highest BCUT2D eigenvalue weighted by Crippen LogP contribution is 2.30. The minimum absolute atomic E-state index is 0.00215. The number of hydrogen-bond donors (Lipinski definition) is 0. The van der Waals surface area contributed by atoms with Crippen LogP contribution in [0.2, 0.25) is 0 Å². The zero-order valence-electron chi connectivity index (χ0n) is 7.19. The molecule has 0 bridgehead atoms. The van der Waals surface area contributed by atoms with Gasteiger partial charge in [-0.2, -0.15) is 13.2 Å². The van der Waals surface area contributed by atoms with Crippen LogP contribution in [0, 0.1) is 0 Å². The second-order valence-corrected chi connectivity index (χ2v) is 2.67. The highest BCUT2D eigenvalue weighted by molar-refractivity contribution is 5.47. The molecule has 0 amide bonds. The third-order valence-corrected chi connectivity index (χ3v) is 1.67. The molecule has 0 N–H and O–H groups in total. The van der Waals surface area contributed by atoms with E-state index in [1.54, 1.807) is 0 Å². The van der Waals surface area contributed by atoms with Crippen molar-refractivity contribution in [1.82, 2.24) is 15.2 Å². The fourth-order valence-corrected chi connectivity index (χ4v) is 1.01. The van der Waals surface area contributed by atoms with Crippen molar-refractivity contribution >= 4 is 0 Å². The first-order chi connectivity index (χ1) is 7.07. The highest BCUT2D eigenvalue weighted by Gasteiger charge is 2.31. The van der Waals surface area contributed by atoms with Gasteiger partial charge in [0, 0.05) is 6.20 Å². The molecule has 0 spiro atoms. The lowest BCUT2D eigenvalue weighted by atomic mass is 10.2. The smallest absolute Gasteiger partial charge is 0.416 e. The average molecular weight is 215 g/mol. The lowest BCUT2D eigenvalue weighted by Gasteiger charge is -2.05. The number of pyridine rings is 1. The van der Waals surface area contributed by atoms with Crippen LogP contribution in [0.3, 0.4) is 0 Å². The van der Waals surface area contributed by atoms with E-state index in [0.717, 1.165) is 24.7 Å². The summed E-state index contributed by atoms with van der Waals surface area (Å²) in [5, 5.41) is 6.82. The summed E-state index contributed by atoms with van der Waals surface area (Å²) < 4.78 is 41.7. The Hall–Kier alpha value is -1.92. The molecule has 0 aliphatic carbocycles. The standard InChI is InChI=1S/C8H4F3N3O/c9-8(10,11)5-1-2-12-6(3-5)7-14-13-4-15-7/h1-4H. The normalized spacial score (nSPS) is 11.7. The van der Waals surface area contributed by atoms with Crippen molar-refractivity contribution in [2.24, 2.45) is 0 Å². The number of rotatable bonds is 1. The van der Waals surface area contributed by atoms with Gasteiger partial charge >= 0.3 is 6.18 Å². The van der Waals surface area contributed by atoms with Crippen molar-refractivity contribution in [2.45, 2.75) is 6.18 Å². The summed E-state index contributed by atoms with van der Waals surface area (Å²) >= 11 is 0. The molecule has 0 aromatic carbocycles. The maximum Gasteiger partial charge on any atom is 0.416 e. The van der Waals surface area contributed by atoms with E-state index in [2.05, 4.69) is 15.2 Å². The van der Waals surface area contributed by atoms with Crippen molar-refractivity contribution in [3.63, 3.8) is 0 Å². The maximum absolute atomic E-state index is 12.3. The molecule has 0 aliphatic rings. The second kappa shape index (κ2) is 3.34. The molecule has 0 saturated carbocycles. The highest BCUT2D eigenvalue weighted by atomic mass is 19.4. The largest absolute Gasteiger partial charge is 0.422 e. The van der Waals surface area contributed by atoms with E-state index >= 15 is 0 Å². The molecule has 0 saturated heterocycles. The van der Waals surface area contributed by atoms with E-state index in [-0.39, 0.29) is 11.6 Å². The number of nitrogens with zero attached hydrogens (tertiary/aromatic N) is 3. The van der Waals surface area contributed by atoms with Gasteiger partial charge in [0.25, 0.3) is 5.89 Å². The second-order valence-electron chi connectivity index (χ2n) is 2.67. The van der Waals surface area contributed by atoms with Gasteiger partial charge in [-0.15, -0.1) is 10.2 Å². The minimum Gasteiger partial charge on any atom is -0.422 e. The molecular weight excluding hydrogens is 211 g/mol. The van der Waals surface area contributed by atoms with Crippen LogP contribution in [0.4, 0.5) is 13.2 Å². The molecule has 2 aromatic rings. The molecule has 2 rings (SSSR count). The molecule has 0 unspecified atom stereocenters.